The Kier molecular flexibility index (Phi) is 31.9. The highest BCUT2D eigenvalue weighted by molar-refractivity contribution is 7.80. The number of hydrogen-bond donors (Lipinski definition) is 8. The standard InChI is InChI=1S/C28H26F3N7O3S.C18H20N8OS.C17H18N6O.C9H7F3O3.CH5N3S/c29-28(30,31)41-22-6-3-4-18(15-22)14-21(39)17-26-36-37-27(42-26)19-9-12-38(13-10-19)24-8-7-23(34-35-24)33-25(40)16-20-5-1-2-11-32-20;19-18-25-24-17(28-18)12-6-9-26(10-7-12)15-5-4-14(22-23-15)21-16(27)11-13-3-1-2-8-20-13;18-12-13-6-9-23(10-7-13)16-5-4-15(21-22-16)20-17(24)11-14-3-1-2-8-19-14;10-9(11,12)15-7-3-1-2-6(4-7)5-8(13)14;2-1(5)4-3/h1-8,11,15,19H,9-10,12-14,16-17H2,(H,33,34,40);1-5,8,12H,6-7,9-11H2,(H2,19,25)(H,21,22,27);1-5,8,13H,6-7,9-11H2,(H,20,21,24);1-4H,5H2,(H,13,14);3H2,(H3,2,4,5). The molecule has 0 radical (unpaired) electrons. The van der Waals surface area contributed by atoms with Gasteiger partial charge in [-0.15, -0.1) is 88.7 Å². The number of nitrogens with one attached hydrogen (secondary N) is 4. The summed E-state index contributed by atoms with van der Waals surface area (Å²) in [4.78, 5) is 78.0. The number of nitrogens with two attached hydrogens (primary N) is 3. The van der Waals surface area contributed by atoms with Crippen LogP contribution in [0.15, 0.2) is 158 Å². The van der Waals surface area contributed by atoms with Crippen LogP contribution in [0.2, 0.25) is 0 Å². The molecule has 3 fully saturated rings. The van der Waals surface area contributed by atoms with Crippen LogP contribution in [0.1, 0.15) is 93.6 Å². The lowest BCUT2D eigenvalue weighted by Crippen LogP contribution is -2.34. The molecule has 596 valence electrons. The van der Waals surface area contributed by atoms with E-state index in [1.807, 2.05) is 60.0 Å². The molecule has 0 atom stereocenters. The maximum absolute atomic E-state index is 12.6. The quantitative estimate of drug-likeness (QED) is 0.0136. The Bertz CT molecular complexity index is 4770. The lowest BCUT2D eigenvalue weighted by Gasteiger charge is -2.31. The number of piperidine rings is 3. The number of aliphatic carboxylic acids is 1. The zero-order valence-electron chi connectivity index (χ0n) is 60.6. The molecule has 0 bridgehead atoms. The van der Waals surface area contributed by atoms with E-state index in [1.54, 1.807) is 61.1 Å². The third-order valence-corrected chi connectivity index (χ3v) is 18.9. The second kappa shape index (κ2) is 42.7. The largest absolute Gasteiger partial charge is 0.573 e. The lowest BCUT2D eigenvalue weighted by molar-refractivity contribution is -0.275. The molecule has 3 saturated heterocycles. The average Bonchev–Trinajstić information content (AvgIpc) is 1.73. The zero-order chi connectivity index (χ0) is 81.4. The summed E-state index contributed by atoms with van der Waals surface area (Å²) in [5.74, 6) is 6.26. The number of nitriles is 1. The summed E-state index contributed by atoms with van der Waals surface area (Å²) in [6.45, 7) is 4.80. The maximum Gasteiger partial charge on any atom is 0.573 e. The first-order valence-electron chi connectivity index (χ1n) is 35.1. The van der Waals surface area contributed by atoms with E-state index < -0.39 is 24.4 Å². The number of rotatable bonds is 22. The van der Waals surface area contributed by atoms with Gasteiger partial charge in [-0.3, -0.25) is 38.9 Å². The highest BCUT2D eigenvalue weighted by atomic mass is 32.1. The van der Waals surface area contributed by atoms with Crippen molar-refractivity contribution in [3.8, 4) is 17.6 Å². The molecule has 13 rings (SSSR count). The predicted octanol–water partition coefficient (Wildman–Crippen LogP) is 9.11. The van der Waals surface area contributed by atoms with E-state index in [0.717, 1.165) is 112 Å². The number of hydrogen-bond acceptors (Lipinski definition) is 29. The minimum Gasteiger partial charge on any atom is -0.481 e. The number of benzene rings is 2. The molecule has 3 amide bonds. The van der Waals surface area contributed by atoms with Gasteiger partial charge >= 0.3 is 18.7 Å². The average molecular weight is 1630 g/mol. The van der Waals surface area contributed by atoms with E-state index in [-0.39, 0.29) is 90.3 Å². The number of carboxylic acids is 1. The van der Waals surface area contributed by atoms with Crippen molar-refractivity contribution in [3.63, 3.8) is 0 Å². The Balaban J connectivity index is 0.000000180. The fraction of sp³-hybridized carbons (Fsp3) is 0.315. The van der Waals surface area contributed by atoms with Crippen molar-refractivity contribution in [3.05, 3.63) is 201 Å². The van der Waals surface area contributed by atoms with Crippen LogP contribution in [0.4, 0.5) is 66.4 Å². The highest BCUT2D eigenvalue weighted by Gasteiger charge is 2.33. The number of halogens is 6. The van der Waals surface area contributed by atoms with E-state index >= 15 is 0 Å². The third kappa shape index (κ3) is 29.9. The van der Waals surface area contributed by atoms with Gasteiger partial charge in [-0.2, -0.15) is 5.26 Å². The number of carbonyl (C=O) groups is 5. The summed E-state index contributed by atoms with van der Waals surface area (Å²) in [5.41, 5.74) is 15.3. The minimum absolute atomic E-state index is 0.0316. The number of pyridine rings is 3. The van der Waals surface area contributed by atoms with Gasteiger partial charge in [0.25, 0.3) is 0 Å². The summed E-state index contributed by atoms with van der Waals surface area (Å²) in [6.07, 6.45) is 0.921. The van der Waals surface area contributed by atoms with Crippen LogP contribution in [0, 0.1) is 17.2 Å². The normalized spacial score (nSPS) is 13.7. The van der Waals surface area contributed by atoms with E-state index in [2.05, 4.69) is 130 Å². The summed E-state index contributed by atoms with van der Waals surface area (Å²) in [5, 5.41) is 70.2. The van der Waals surface area contributed by atoms with Gasteiger partial charge < -0.3 is 62.1 Å². The Morgan fingerprint density at radius 2 is 0.886 bits per heavy atom. The van der Waals surface area contributed by atoms with Crippen LogP contribution < -0.4 is 62.9 Å². The Morgan fingerprint density at radius 3 is 1.22 bits per heavy atom. The van der Waals surface area contributed by atoms with Crippen LogP contribution in [0.25, 0.3) is 0 Å². The number of ether oxygens (including phenoxy) is 2. The van der Waals surface area contributed by atoms with Crippen LogP contribution in [-0.4, -0.2) is 158 Å². The number of carbonyl (C=O) groups excluding carboxylic acids is 4. The number of amides is 3. The fourth-order valence-corrected chi connectivity index (χ4v) is 13.3. The molecule has 11 N–H and O–H groups in total. The smallest absolute Gasteiger partial charge is 0.481 e. The first-order valence-corrected chi connectivity index (χ1v) is 37.1. The van der Waals surface area contributed by atoms with Crippen molar-refractivity contribution < 1.29 is 64.9 Å². The number of alkyl halides is 6. The molecule has 3 aliphatic heterocycles. The third-order valence-electron chi connectivity index (χ3n) is 16.7. The maximum atomic E-state index is 12.6. The Morgan fingerprint density at radius 1 is 0.500 bits per heavy atom. The monoisotopic (exact) mass is 1630 g/mol. The summed E-state index contributed by atoms with van der Waals surface area (Å²) >= 11 is 7.09. The molecule has 10 aromatic rings. The summed E-state index contributed by atoms with van der Waals surface area (Å²) in [7, 11) is 0. The van der Waals surface area contributed by atoms with Gasteiger partial charge in [0.15, 0.2) is 40.0 Å². The van der Waals surface area contributed by atoms with Gasteiger partial charge in [0.2, 0.25) is 22.9 Å². The van der Waals surface area contributed by atoms with Crippen LogP contribution in [0.3, 0.4) is 0 Å². The first-order chi connectivity index (χ1) is 54.7. The van der Waals surface area contributed by atoms with Crippen molar-refractivity contribution in [1.29, 1.82) is 5.26 Å². The van der Waals surface area contributed by atoms with Crippen molar-refractivity contribution in [1.82, 2.24) is 71.4 Å². The lowest BCUT2D eigenvalue weighted by atomic mass is 9.98. The number of Topliss-reactive ketones (excluding diaryl/α,β-unsaturated/α-hetero) is 1. The number of carboxylic acid groups (broad SMARTS) is 1. The molecule has 41 heteroatoms. The number of hydrazine groups is 1. The SMILES string of the molecule is N#CC1CCN(c2ccc(NC(=O)Cc3ccccn3)nn2)CC1.NNC(N)=S.Nc1nnc(C2CCN(c3ccc(NC(=O)Cc4ccccn4)nn3)CC2)s1.O=C(Cc1cccc(OC(F)(F)F)c1)Cc1nnc(C2CCN(c3ccc(NC(=O)Cc4ccccn4)nn3)CC2)s1.O=C(O)Cc1cccc(OC(F)(F)F)c1. The van der Waals surface area contributed by atoms with Crippen LogP contribution in [-0.2, 0) is 62.5 Å². The molecule has 8 aromatic heterocycles. The molecule has 3 aliphatic rings. The van der Waals surface area contributed by atoms with Crippen molar-refractivity contribution in [2.75, 3.05) is 75.7 Å². The van der Waals surface area contributed by atoms with Gasteiger partial charge in [-0.05, 0) is 159 Å². The number of nitrogens with zero attached hydrogens (tertiary/aromatic N) is 17. The molecule has 0 aliphatic carbocycles. The molecule has 11 heterocycles. The van der Waals surface area contributed by atoms with Gasteiger partial charge in [0.05, 0.1) is 38.2 Å². The topological polar surface area (TPSA) is 451 Å². The molecular weight excluding hydrogens is 1550 g/mol. The number of thiocarbonyl (C=S) groups is 1. The predicted molar refractivity (Wildman–Crippen MR) is 413 cm³/mol. The molecular formula is C73H76F6N24O8S3. The number of aromatic nitrogens is 13. The number of anilines is 7. The van der Waals surface area contributed by atoms with E-state index in [4.69, 9.17) is 21.8 Å². The van der Waals surface area contributed by atoms with Crippen LogP contribution in [0.5, 0.6) is 11.5 Å². The number of ketones is 1. The minimum atomic E-state index is -4.79. The Labute approximate surface area is 661 Å². The second-order valence-corrected chi connectivity index (χ2v) is 27.8. The van der Waals surface area contributed by atoms with Gasteiger partial charge in [-0.25, -0.2) is 5.84 Å². The zero-order valence-corrected chi connectivity index (χ0v) is 63.1. The molecule has 0 spiro atoms. The van der Waals surface area contributed by atoms with Crippen LogP contribution >= 0.6 is 34.9 Å². The van der Waals surface area contributed by atoms with Crippen molar-refractivity contribution in [2.45, 2.75) is 102 Å². The fourth-order valence-electron chi connectivity index (χ4n) is 11.4. The molecule has 2 aromatic carbocycles. The molecule has 0 saturated carbocycles. The van der Waals surface area contributed by atoms with Crippen molar-refractivity contribution in [2.24, 2.45) is 17.5 Å². The highest BCUT2D eigenvalue weighted by Crippen LogP contribution is 2.35. The molecule has 32 nitrogen and oxygen atoms in total. The molecule has 0 unspecified atom stereocenters. The Hall–Kier alpha value is -12.7. The summed E-state index contributed by atoms with van der Waals surface area (Å²) in [6, 6.07) is 39.7. The van der Waals surface area contributed by atoms with E-state index in [1.165, 1.54) is 53.0 Å². The van der Waals surface area contributed by atoms with Gasteiger partial charge in [-0.1, -0.05) is 53.8 Å². The van der Waals surface area contributed by atoms with Gasteiger partial charge in [0, 0.05) is 99.1 Å². The second-order valence-electron chi connectivity index (χ2n) is 25.3. The van der Waals surface area contributed by atoms with Crippen molar-refractivity contribution >= 4 is 110 Å². The summed E-state index contributed by atoms with van der Waals surface area (Å²) < 4.78 is 80.4. The first kappa shape index (κ1) is 85.3. The van der Waals surface area contributed by atoms with Gasteiger partial charge in [0.1, 0.15) is 32.3 Å². The van der Waals surface area contributed by atoms with E-state index in [9.17, 15) is 50.3 Å². The molecule has 114 heavy (non-hydrogen) atoms. The number of nitrogen functional groups attached to an aromatic ring is 1. The van der Waals surface area contributed by atoms with E-state index in [0.29, 0.717) is 62.0 Å².